The van der Waals surface area contributed by atoms with Crippen molar-refractivity contribution in [2.45, 2.75) is 51.0 Å². The van der Waals surface area contributed by atoms with Crippen molar-refractivity contribution in [3.8, 4) is 17.1 Å². The fourth-order valence-corrected chi connectivity index (χ4v) is 6.66. The number of carboxylic acids is 1. The van der Waals surface area contributed by atoms with Gasteiger partial charge in [-0.25, -0.2) is 4.79 Å². The third kappa shape index (κ3) is 1.88. The van der Waals surface area contributed by atoms with E-state index in [0.717, 1.165) is 22.5 Å². The van der Waals surface area contributed by atoms with Gasteiger partial charge in [0.15, 0.2) is 0 Å². The average molecular weight is 388 g/mol. The second-order valence-electron chi connectivity index (χ2n) is 9.71. The summed E-state index contributed by atoms with van der Waals surface area (Å²) in [5.74, 6) is 1.44. The summed E-state index contributed by atoms with van der Waals surface area (Å²) < 4.78 is 12.7. The number of hydrogen-bond donors (Lipinski definition) is 1. The number of carbonyl (C=O) groups is 1. The van der Waals surface area contributed by atoms with Crippen LogP contribution in [0.5, 0.6) is 5.75 Å². The van der Waals surface area contributed by atoms with E-state index in [-0.39, 0.29) is 22.0 Å². The third-order valence-electron chi connectivity index (χ3n) is 8.61. The summed E-state index contributed by atoms with van der Waals surface area (Å²) in [5.41, 5.74) is 3.35. The highest BCUT2D eigenvalue weighted by atomic mass is 16.5. The molecule has 2 aromatic carbocycles. The minimum absolute atomic E-state index is 0.0171. The second kappa shape index (κ2) is 5.05. The Morgan fingerprint density at radius 2 is 1.93 bits per heavy atom. The number of fused-ring (bicyclic) bond motifs is 8. The van der Waals surface area contributed by atoms with E-state index in [4.69, 9.17) is 9.15 Å². The Balaban J connectivity index is 1.49. The van der Waals surface area contributed by atoms with Gasteiger partial charge in [0.05, 0.1) is 5.56 Å². The summed E-state index contributed by atoms with van der Waals surface area (Å²) in [6, 6.07) is 13.3. The second-order valence-corrected chi connectivity index (χ2v) is 9.71. The van der Waals surface area contributed by atoms with E-state index in [1.165, 1.54) is 24.8 Å². The van der Waals surface area contributed by atoms with Crippen LogP contribution in [0.4, 0.5) is 0 Å². The molecule has 2 fully saturated rings. The SMILES string of the molecule is CC12CCC(C1)C1(C)Oc3ccc(-c4cc5cc(C(=O)O)ccc5o4)cc3C21C. The van der Waals surface area contributed by atoms with Crippen LogP contribution in [0.1, 0.15) is 56.0 Å². The highest BCUT2D eigenvalue weighted by molar-refractivity contribution is 5.94. The number of rotatable bonds is 2. The summed E-state index contributed by atoms with van der Waals surface area (Å²) in [6.45, 7) is 7.12. The molecule has 2 heterocycles. The summed E-state index contributed by atoms with van der Waals surface area (Å²) >= 11 is 0. The van der Waals surface area contributed by atoms with Gasteiger partial charge in [0.2, 0.25) is 0 Å². The fraction of sp³-hybridized carbons (Fsp3) is 0.400. The van der Waals surface area contributed by atoms with Crippen LogP contribution in [0.3, 0.4) is 0 Å². The first-order valence-electron chi connectivity index (χ1n) is 10.4. The molecular formula is C25H24O4. The summed E-state index contributed by atoms with van der Waals surface area (Å²) in [6.07, 6.45) is 3.73. The molecule has 3 aliphatic rings. The van der Waals surface area contributed by atoms with Gasteiger partial charge < -0.3 is 14.3 Å². The van der Waals surface area contributed by atoms with Gasteiger partial charge >= 0.3 is 5.97 Å². The van der Waals surface area contributed by atoms with Gasteiger partial charge in [-0.3, -0.25) is 0 Å². The van der Waals surface area contributed by atoms with Crippen LogP contribution in [0.2, 0.25) is 0 Å². The van der Waals surface area contributed by atoms with Crippen LogP contribution in [0, 0.1) is 11.3 Å². The molecule has 2 aliphatic carbocycles. The zero-order chi connectivity index (χ0) is 20.2. The van der Waals surface area contributed by atoms with Crippen molar-refractivity contribution in [3.05, 3.63) is 53.6 Å². The molecule has 1 aromatic heterocycles. The predicted octanol–water partition coefficient (Wildman–Crippen LogP) is 6.03. The molecule has 2 bridgehead atoms. The zero-order valence-electron chi connectivity index (χ0n) is 16.9. The largest absolute Gasteiger partial charge is 0.486 e. The van der Waals surface area contributed by atoms with Crippen molar-refractivity contribution < 1.29 is 19.1 Å². The quantitative estimate of drug-likeness (QED) is 0.582. The predicted molar refractivity (Wildman–Crippen MR) is 110 cm³/mol. The van der Waals surface area contributed by atoms with Crippen molar-refractivity contribution in [2.24, 2.45) is 11.3 Å². The van der Waals surface area contributed by atoms with Gasteiger partial charge in [-0.2, -0.15) is 0 Å². The third-order valence-corrected chi connectivity index (χ3v) is 8.61. The van der Waals surface area contributed by atoms with E-state index < -0.39 is 5.97 Å². The van der Waals surface area contributed by atoms with Crippen molar-refractivity contribution in [1.29, 1.82) is 0 Å². The molecular weight excluding hydrogens is 364 g/mol. The molecule has 6 rings (SSSR count). The lowest BCUT2D eigenvalue weighted by Crippen LogP contribution is -2.54. The smallest absolute Gasteiger partial charge is 0.335 e. The molecule has 1 aliphatic heterocycles. The van der Waals surface area contributed by atoms with E-state index in [9.17, 15) is 9.90 Å². The highest BCUT2D eigenvalue weighted by Gasteiger charge is 2.73. The van der Waals surface area contributed by atoms with Crippen LogP contribution in [0.15, 0.2) is 46.9 Å². The number of aromatic carboxylic acids is 1. The van der Waals surface area contributed by atoms with Crippen LogP contribution < -0.4 is 4.74 Å². The Morgan fingerprint density at radius 1 is 1.10 bits per heavy atom. The van der Waals surface area contributed by atoms with E-state index in [1.54, 1.807) is 18.2 Å². The van der Waals surface area contributed by atoms with E-state index in [1.807, 2.05) is 12.1 Å². The van der Waals surface area contributed by atoms with Crippen LogP contribution in [-0.2, 0) is 5.41 Å². The molecule has 1 N–H and O–H groups in total. The maximum absolute atomic E-state index is 11.3. The summed E-state index contributed by atoms with van der Waals surface area (Å²) in [7, 11) is 0. The minimum Gasteiger partial charge on any atom is -0.486 e. The molecule has 4 atom stereocenters. The molecule has 3 aromatic rings. The summed E-state index contributed by atoms with van der Waals surface area (Å²) in [4.78, 5) is 11.3. The number of benzene rings is 2. The van der Waals surface area contributed by atoms with Crippen molar-refractivity contribution >= 4 is 16.9 Å². The van der Waals surface area contributed by atoms with Crippen LogP contribution in [0.25, 0.3) is 22.3 Å². The number of furan rings is 1. The molecule has 148 valence electrons. The Hall–Kier alpha value is -2.75. The van der Waals surface area contributed by atoms with Gasteiger partial charge in [0.25, 0.3) is 0 Å². The van der Waals surface area contributed by atoms with Gasteiger partial charge in [0, 0.05) is 21.9 Å². The fourth-order valence-electron chi connectivity index (χ4n) is 6.66. The number of hydrogen-bond acceptors (Lipinski definition) is 3. The Kier molecular flexibility index (Phi) is 2.98. The molecule has 2 saturated carbocycles. The first-order valence-corrected chi connectivity index (χ1v) is 10.4. The average Bonchev–Trinajstić information content (AvgIpc) is 3.39. The number of carboxylic acid groups (broad SMARTS) is 1. The molecule has 0 spiro atoms. The van der Waals surface area contributed by atoms with Crippen molar-refractivity contribution in [3.63, 3.8) is 0 Å². The Labute approximate surface area is 169 Å². The van der Waals surface area contributed by atoms with Gasteiger partial charge in [-0.05, 0) is 80.0 Å². The van der Waals surface area contributed by atoms with Crippen molar-refractivity contribution in [2.75, 3.05) is 0 Å². The van der Waals surface area contributed by atoms with Crippen LogP contribution >= 0.6 is 0 Å². The maximum Gasteiger partial charge on any atom is 0.335 e. The van der Waals surface area contributed by atoms with Gasteiger partial charge in [-0.1, -0.05) is 13.8 Å². The highest BCUT2D eigenvalue weighted by Crippen LogP contribution is 2.73. The molecule has 4 nitrogen and oxygen atoms in total. The molecule has 0 amide bonds. The molecule has 4 heteroatoms. The standard InChI is InChI=1S/C25H24O4/c1-23-9-8-17(13-23)25(3)24(23,2)18-11-14(4-7-20(18)29-25)21-12-16-10-15(22(26)27)5-6-19(16)28-21/h4-7,10-12,17H,8-9,13H2,1-3H3,(H,26,27). The molecule has 29 heavy (non-hydrogen) atoms. The lowest BCUT2D eigenvalue weighted by Gasteiger charge is -2.48. The molecule has 4 unspecified atom stereocenters. The van der Waals surface area contributed by atoms with E-state index >= 15 is 0 Å². The minimum atomic E-state index is -0.930. The van der Waals surface area contributed by atoms with Crippen LogP contribution in [-0.4, -0.2) is 16.7 Å². The van der Waals surface area contributed by atoms with E-state index in [2.05, 4.69) is 32.9 Å². The van der Waals surface area contributed by atoms with Gasteiger partial charge in [0.1, 0.15) is 22.7 Å². The lowest BCUT2D eigenvalue weighted by molar-refractivity contribution is -0.0260. The normalized spacial score (nSPS) is 34.2. The lowest BCUT2D eigenvalue weighted by atomic mass is 9.56. The first kappa shape index (κ1) is 17.1. The number of ether oxygens (including phenoxy) is 1. The molecule has 0 radical (unpaired) electrons. The molecule has 0 saturated heterocycles. The first-order chi connectivity index (χ1) is 13.7. The Bertz CT molecular complexity index is 1210. The van der Waals surface area contributed by atoms with E-state index in [0.29, 0.717) is 11.5 Å². The Morgan fingerprint density at radius 3 is 2.72 bits per heavy atom. The summed E-state index contributed by atoms with van der Waals surface area (Å²) in [5, 5.41) is 10.1. The zero-order valence-corrected chi connectivity index (χ0v) is 16.9. The monoisotopic (exact) mass is 388 g/mol. The van der Waals surface area contributed by atoms with Crippen molar-refractivity contribution in [1.82, 2.24) is 0 Å². The van der Waals surface area contributed by atoms with Gasteiger partial charge in [-0.15, -0.1) is 0 Å². The maximum atomic E-state index is 11.3. The topological polar surface area (TPSA) is 59.7 Å².